The van der Waals surface area contributed by atoms with E-state index in [-0.39, 0.29) is 18.2 Å². The second-order valence-corrected chi connectivity index (χ2v) is 9.77. The summed E-state index contributed by atoms with van der Waals surface area (Å²) in [6.07, 6.45) is 0.781. The number of ether oxygens (including phenoxy) is 1. The lowest BCUT2D eigenvalue weighted by atomic mass is 10.1. The normalized spacial score (nSPS) is 17.0. The van der Waals surface area contributed by atoms with Gasteiger partial charge < -0.3 is 10.1 Å². The van der Waals surface area contributed by atoms with E-state index in [1.54, 1.807) is 12.0 Å². The van der Waals surface area contributed by atoms with Crippen molar-refractivity contribution in [3.05, 3.63) is 88.9 Å². The van der Waals surface area contributed by atoms with E-state index >= 15 is 0 Å². The largest absolute Gasteiger partial charge is 0.497 e. The van der Waals surface area contributed by atoms with Gasteiger partial charge in [-0.05, 0) is 60.5 Å². The Balaban J connectivity index is 1.51. The summed E-state index contributed by atoms with van der Waals surface area (Å²) in [5.41, 5.74) is 2.51. The highest BCUT2D eigenvalue weighted by atomic mass is 79.9. The fourth-order valence-electron chi connectivity index (χ4n) is 3.46. The highest BCUT2D eigenvalue weighted by molar-refractivity contribution is 9.10. The Morgan fingerprint density at radius 3 is 2.47 bits per heavy atom. The number of carbonyl (C=O) groups is 2. The van der Waals surface area contributed by atoms with Crippen molar-refractivity contribution < 1.29 is 14.3 Å². The number of para-hydroxylation sites is 1. The van der Waals surface area contributed by atoms with Crippen molar-refractivity contribution in [1.82, 2.24) is 4.90 Å². The Bertz CT molecular complexity index is 1170. The molecule has 8 heteroatoms. The van der Waals surface area contributed by atoms with Crippen LogP contribution in [0.3, 0.4) is 0 Å². The van der Waals surface area contributed by atoms with E-state index in [4.69, 9.17) is 9.73 Å². The molecule has 0 aromatic heterocycles. The molecule has 0 radical (unpaired) electrons. The van der Waals surface area contributed by atoms with E-state index < -0.39 is 5.25 Å². The number of nitrogens with one attached hydrogen (secondary N) is 1. The average Bonchev–Trinajstić information content (AvgIpc) is 2.85. The van der Waals surface area contributed by atoms with Crippen LogP contribution in [0.2, 0.25) is 0 Å². The zero-order valence-electron chi connectivity index (χ0n) is 18.6. The summed E-state index contributed by atoms with van der Waals surface area (Å²) in [6, 6.07) is 24.6. The molecule has 1 atom stereocenters. The zero-order valence-corrected chi connectivity index (χ0v) is 21.0. The first-order valence-electron chi connectivity index (χ1n) is 10.8. The predicted octanol–water partition coefficient (Wildman–Crippen LogP) is 5.66. The van der Waals surface area contributed by atoms with Crippen molar-refractivity contribution in [3.8, 4) is 5.75 Å². The smallest absolute Gasteiger partial charge is 0.238 e. The van der Waals surface area contributed by atoms with Crippen LogP contribution < -0.4 is 10.1 Å². The van der Waals surface area contributed by atoms with Crippen LogP contribution in [-0.4, -0.2) is 40.8 Å². The van der Waals surface area contributed by atoms with Crippen LogP contribution in [0.1, 0.15) is 12.0 Å². The van der Waals surface area contributed by atoms with Crippen molar-refractivity contribution in [2.24, 2.45) is 4.99 Å². The number of methoxy groups -OCH3 is 1. The van der Waals surface area contributed by atoms with Crippen molar-refractivity contribution in [3.63, 3.8) is 0 Å². The highest BCUT2D eigenvalue weighted by Gasteiger charge is 2.35. The molecule has 174 valence electrons. The van der Waals surface area contributed by atoms with Gasteiger partial charge in [0.2, 0.25) is 11.8 Å². The fourth-order valence-corrected chi connectivity index (χ4v) is 4.85. The van der Waals surface area contributed by atoms with Crippen LogP contribution in [0.25, 0.3) is 0 Å². The lowest BCUT2D eigenvalue weighted by molar-refractivity contribution is -0.129. The predicted molar refractivity (Wildman–Crippen MR) is 141 cm³/mol. The van der Waals surface area contributed by atoms with Gasteiger partial charge in [0.05, 0.1) is 12.8 Å². The summed E-state index contributed by atoms with van der Waals surface area (Å²) in [5.74, 6) is 0.466. The van der Waals surface area contributed by atoms with Gasteiger partial charge in [-0.1, -0.05) is 58.0 Å². The number of nitrogens with zero attached hydrogens (tertiary/aromatic N) is 2. The first kappa shape index (κ1) is 24.0. The third-order valence-electron chi connectivity index (χ3n) is 5.31. The number of amides is 2. The van der Waals surface area contributed by atoms with E-state index in [0.717, 1.165) is 21.5 Å². The number of hydrogen-bond donors (Lipinski definition) is 1. The second kappa shape index (κ2) is 11.4. The van der Waals surface area contributed by atoms with Crippen LogP contribution in [0.4, 0.5) is 11.4 Å². The summed E-state index contributed by atoms with van der Waals surface area (Å²) >= 11 is 4.72. The van der Waals surface area contributed by atoms with Crippen molar-refractivity contribution in [2.75, 3.05) is 19.0 Å². The van der Waals surface area contributed by atoms with Crippen molar-refractivity contribution in [1.29, 1.82) is 0 Å². The third-order valence-corrected chi connectivity index (χ3v) is 7.02. The molecule has 1 aliphatic heterocycles. The fraction of sp³-hybridized carbons (Fsp3) is 0.192. The molecule has 0 bridgehead atoms. The highest BCUT2D eigenvalue weighted by Crippen LogP contribution is 2.30. The van der Waals surface area contributed by atoms with Gasteiger partial charge in [0.1, 0.15) is 11.0 Å². The van der Waals surface area contributed by atoms with Gasteiger partial charge in [-0.3, -0.25) is 14.5 Å². The van der Waals surface area contributed by atoms with Crippen LogP contribution in [-0.2, 0) is 16.0 Å². The number of hydrogen-bond acceptors (Lipinski definition) is 5. The summed E-state index contributed by atoms with van der Waals surface area (Å²) in [7, 11) is 1.63. The molecular formula is C26H24BrN3O3S. The van der Waals surface area contributed by atoms with Crippen LogP contribution in [0, 0.1) is 0 Å². The molecule has 6 nitrogen and oxygen atoms in total. The Labute approximate surface area is 211 Å². The lowest BCUT2D eigenvalue weighted by Gasteiger charge is -2.32. The minimum atomic E-state index is -0.559. The number of anilines is 1. The van der Waals surface area contributed by atoms with Gasteiger partial charge >= 0.3 is 0 Å². The molecule has 1 N–H and O–H groups in total. The molecule has 34 heavy (non-hydrogen) atoms. The number of rotatable bonds is 7. The molecule has 2 amide bonds. The van der Waals surface area contributed by atoms with Crippen LogP contribution in [0.15, 0.2) is 88.3 Å². The van der Waals surface area contributed by atoms with Crippen LogP contribution >= 0.6 is 27.7 Å². The maximum atomic E-state index is 13.2. The Hall–Kier alpha value is -3.10. The van der Waals surface area contributed by atoms with E-state index in [1.807, 2.05) is 78.9 Å². The molecule has 4 rings (SSSR count). The average molecular weight is 538 g/mol. The number of halogens is 1. The first-order valence-corrected chi connectivity index (χ1v) is 12.5. The van der Waals surface area contributed by atoms with Gasteiger partial charge in [-0.2, -0.15) is 0 Å². The molecule has 3 aromatic rings. The lowest BCUT2D eigenvalue weighted by Crippen LogP contribution is -2.46. The molecule has 0 spiro atoms. The van der Waals surface area contributed by atoms with Crippen molar-refractivity contribution >= 4 is 56.0 Å². The molecular weight excluding hydrogens is 514 g/mol. The molecule has 1 saturated heterocycles. The van der Waals surface area contributed by atoms with E-state index in [0.29, 0.717) is 23.8 Å². The quantitative estimate of drug-likeness (QED) is 0.422. The van der Waals surface area contributed by atoms with Gasteiger partial charge in [-0.15, -0.1) is 0 Å². The van der Waals surface area contributed by atoms with Gasteiger partial charge in [0, 0.05) is 23.1 Å². The van der Waals surface area contributed by atoms with E-state index in [9.17, 15) is 9.59 Å². The third kappa shape index (κ3) is 6.27. The van der Waals surface area contributed by atoms with Crippen LogP contribution in [0.5, 0.6) is 5.75 Å². The monoisotopic (exact) mass is 537 g/mol. The maximum absolute atomic E-state index is 13.2. The summed E-state index contributed by atoms with van der Waals surface area (Å²) in [6.45, 7) is 0.477. The van der Waals surface area contributed by atoms with Gasteiger partial charge in [-0.25, -0.2) is 4.99 Å². The second-order valence-electron chi connectivity index (χ2n) is 7.68. The minimum Gasteiger partial charge on any atom is -0.497 e. The number of benzene rings is 3. The number of aliphatic imine (C=N–C) groups is 1. The Morgan fingerprint density at radius 1 is 1.09 bits per heavy atom. The van der Waals surface area contributed by atoms with Gasteiger partial charge in [0.25, 0.3) is 0 Å². The Kier molecular flexibility index (Phi) is 8.03. The minimum absolute atomic E-state index is 0.113. The number of carbonyl (C=O) groups excluding carboxylic acids is 2. The number of thioether (sulfide) groups is 1. The first-order chi connectivity index (χ1) is 16.5. The topological polar surface area (TPSA) is 71.0 Å². The molecule has 0 unspecified atom stereocenters. The summed E-state index contributed by atoms with van der Waals surface area (Å²) < 4.78 is 6.15. The van der Waals surface area contributed by atoms with E-state index in [2.05, 4.69) is 21.2 Å². The van der Waals surface area contributed by atoms with E-state index in [1.165, 1.54) is 11.8 Å². The molecule has 1 fully saturated rings. The molecule has 1 aliphatic rings. The standard InChI is InChI=1S/C26H24BrN3O3S/c1-33-22-13-7-18(8-14-22)15-16-30-24(31)17-23(25(32)28-21-11-9-19(27)10-12-21)34-26(30)29-20-5-3-2-4-6-20/h2-14,23H,15-17H2,1H3,(H,28,32)/t23-/m0/s1. The number of amidine groups is 1. The van der Waals surface area contributed by atoms with Gasteiger partial charge in [0.15, 0.2) is 5.17 Å². The maximum Gasteiger partial charge on any atom is 0.238 e. The molecule has 1 heterocycles. The SMILES string of the molecule is COc1ccc(CCN2C(=O)C[C@@H](C(=O)Nc3ccc(Br)cc3)SC2=Nc2ccccc2)cc1. The van der Waals surface area contributed by atoms with Crippen molar-refractivity contribution in [2.45, 2.75) is 18.1 Å². The summed E-state index contributed by atoms with van der Waals surface area (Å²) in [4.78, 5) is 32.5. The molecule has 0 aliphatic carbocycles. The molecule has 0 saturated carbocycles. The summed E-state index contributed by atoms with van der Waals surface area (Å²) in [5, 5.41) is 2.88. The zero-order chi connectivity index (χ0) is 23.9. The Morgan fingerprint density at radius 2 is 1.79 bits per heavy atom. The molecule has 3 aromatic carbocycles.